The third kappa shape index (κ3) is 2.78. The van der Waals surface area contributed by atoms with E-state index in [2.05, 4.69) is 67.8 Å². The number of rotatable bonds is 4. The first-order valence-corrected chi connectivity index (χ1v) is 6.28. The maximum absolute atomic E-state index is 5.72. The summed E-state index contributed by atoms with van der Waals surface area (Å²) < 4.78 is 0. The van der Waals surface area contributed by atoms with Crippen LogP contribution in [0.3, 0.4) is 0 Å². The zero-order chi connectivity index (χ0) is 13.0. The van der Waals surface area contributed by atoms with Crippen LogP contribution >= 0.6 is 0 Å². The van der Waals surface area contributed by atoms with E-state index in [1.165, 1.54) is 22.3 Å². The Labute approximate surface area is 109 Å². The Morgan fingerprint density at radius 2 is 1.56 bits per heavy atom. The van der Waals surface area contributed by atoms with E-state index in [-0.39, 0.29) is 6.04 Å². The molecule has 1 atom stereocenters. The molecular weight excluding hydrogens is 220 g/mol. The van der Waals surface area contributed by atoms with E-state index in [1.807, 2.05) is 0 Å². The van der Waals surface area contributed by atoms with Gasteiger partial charge in [0.15, 0.2) is 0 Å². The van der Waals surface area contributed by atoms with Crippen molar-refractivity contribution in [3.63, 3.8) is 0 Å². The normalized spacial score (nSPS) is 12.4. The topological polar surface area (TPSA) is 38.0 Å². The van der Waals surface area contributed by atoms with Crippen LogP contribution in [0.1, 0.15) is 28.3 Å². The number of hydrogen-bond donors (Lipinski definition) is 2. The molecule has 0 aliphatic heterocycles. The standard InChI is InChI=1S/C16H20N2/c1-12-7-3-5-9-14(12)11-16(18-17)15-10-6-4-8-13(15)2/h3-10,16,18H,11,17H2,1-2H3. The first-order valence-electron chi connectivity index (χ1n) is 6.28. The van der Waals surface area contributed by atoms with E-state index in [1.54, 1.807) is 0 Å². The highest BCUT2D eigenvalue weighted by Crippen LogP contribution is 2.22. The monoisotopic (exact) mass is 240 g/mol. The zero-order valence-corrected chi connectivity index (χ0v) is 11.0. The van der Waals surface area contributed by atoms with E-state index in [9.17, 15) is 0 Å². The zero-order valence-electron chi connectivity index (χ0n) is 11.0. The predicted octanol–water partition coefficient (Wildman–Crippen LogP) is 3.05. The number of aryl methyl sites for hydroxylation is 2. The van der Waals surface area contributed by atoms with E-state index in [0.717, 1.165) is 6.42 Å². The average molecular weight is 240 g/mol. The van der Waals surface area contributed by atoms with Crippen LogP contribution in [-0.2, 0) is 6.42 Å². The molecule has 3 N–H and O–H groups in total. The second kappa shape index (κ2) is 5.80. The van der Waals surface area contributed by atoms with Gasteiger partial charge in [-0.15, -0.1) is 0 Å². The first-order chi connectivity index (χ1) is 8.72. The van der Waals surface area contributed by atoms with Crippen molar-refractivity contribution in [1.82, 2.24) is 5.43 Å². The van der Waals surface area contributed by atoms with Crippen molar-refractivity contribution in [2.45, 2.75) is 26.3 Å². The van der Waals surface area contributed by atoms with Gasteiger partial charge < -0.3 is 0 Å². The summed E-state index contributed by atoms with van der Waals surface area (Å²) in [5, 5.41) is 0. The van der Waals surface area contributed by atoms with Gasteiger partial charge in [-0.3, -0.25) is 11.3 Å². The molecule has 0 bridgehead atoms. The molecule has 2 aromatic rings. The molecule has 0 heterocycles. The minimum Gasteiger partial charge on any atom is -0.271 e. The lowest BCUT2D eigenvalue weighted by Gasteiger charge is -2.19. The highest BCUT2D eigenvalue weighted by atomic mass is 15.2. The van der Waals surface area contributed by atoms with Crippen LogP contribution in [0.2, 0.25) is 0 Å². The van der Waals surface area contributed by atoms with Crippen LogP contribution in [0.15, 0.2) is 48.5 Å². The van der Waals surface area contributed by atoms with Gasteiger partial charge in [-0.2, -0.15) is 0 Å². The van der Waals surface area contributed by atoms with Crippen molar-refractivity contribution in [2.24, 2.45) is 5.84 Å². The average Bonchev–Trinajstić information content (AvgIpc) is 2.39. The van der Waals surface area contributed by atoms with E-state index in [4.69, 9.17) is 5.84 Å². The van der Waals surface area contributed by atoms with Crippen LogP contribution in [0.4, 0.5) is 0 Å². The van der Waals surface area contributed by atoms with Gasteiger partial charge >= 0.3 is 0 Å². The minimum absolute atomic E-state index is 0.160. The third-order valence-electron chi connectivity index (χ3n) is 3.45. The first kappa shape index (κ1) is 12.8. The molecule has 2 rings (SSSR count). The number of benzene rings is 2. The summed E-state index contributed by atoms with van der Waals surface area (Å²) in [5.74, 6) is 5.72. The van der Waals surface area contributed by atoms with Gasteiger partial charge in [0.2, 0.25) is 0 Å². The number of nitrogens with one attached hydrogen (secondary N) is 1. The molecule has 0 spiro atoms. The van der Waals surface area contributed by atoms with Gasteiger partial charge in [-0.05, 0) is 42.5 Å². The van der Waals surface area contributed by atoms with Gasteiger partial charge in [0.1, 0.15) is 0 Å². The fourth-order valence-electron chi connectivity index (χ4n) is 2.30. The predicted molar refractivity (Wildman–Crippen MR) is 76.1 cm³/mol. The Morgan fingerprint density at radius 3 is 2.17 bits per heavy atom. The van der Waals surface area contributed by atoms with Crippen molar-refractivity contribution in [3.05, 3.63) is 70.8 Å². The van der Waals surface area contributed by atoms with Crippen LogP contribution in [-0.4, -0.2) is 0 Å². The summed E-state index contributed by atoms with van der Waals surface area (Å²) in [6, 6.07) is 17.0. The molecule has 1 unspecified atom stereocenters. The molecule has 0 saturated heterocycles. The Kier molecular flexibility index (Phi) is 4.13. The van der Waals surface area contributed by atoms with Crippen molar-refractivity contribution >= 4 is 0 Å². The lowest BCUT2D eigenvalue weighted by Crippen LogP contribution is -2.30. The van der Waals surface area contributed by atoms with Gasteiger partial charge in [0, 0.05) is 0 Å². The summed E-state index contributed by atoms with van der Waals surface area (Å²) in [6.45, 7) is 4.26. The molecule has 2 nitrogen and oxygen atoms in total. The second-order valence-electron chi connectivity index (χ2n) is 4.71. The van der Waals surface area contributed by atoms with Gasteiger partial charge in [-0.25, -0.2) is 0 Å². The second-order valence-corrected chi connectivity index (χ2v) is 4.71. The molecule has 0 fully saturated rings. The summed E-state index contributed by atoms with van der Waals surface area (Å²) in [7, 11) is 0. The maximum atomic E-state index is 5.72. The molecule has 0 radical (unpaired) electrons. The highest BCUT2D eigenvalue weighted by molar-refractivity contribution is 5.32. The Morgan fingerprint density at radius 1 is 0.944 bits per heavy atom. The van der Waals surface area contributed by atoms with Gasteiger partial charge in [0.25, 0.3) is 0 Å². The lowest BCUT2D eigenvalue weighted by molar-refractivity contribution is 0.548. The molecule has 0 aliphatic rings. The smallest absolute Gasteiger partial charge is 0.0503 e. The molecule has 18 heavy (non-hydrogen) atoms. The SMILES string of the molecule is Cc1ccccc1CC(NN)c1ccccc1C. The molecule has 0 saturated carbocycles. The van der Waals surface area contributed by atoms with Crippen molar-refractivity contribution in [2.75, 3.05) is 0 Å². The minimum atomic E-state index is 0.160. The van der Waals surface area contributed by atoms with Crippen LogP contribution < -0.4 is 11.3 Å². The Bertz CT molecular complexity index is 520. The molecule has 2 aromatic carbocycles. The van der Waals surface area contributed by atoms with Crippen LogP contribution in [0, 0.1) is 13.8 Å². The molecule has 2 heteroatoms. The van der Waals surface area contributed by atoms with Crippen LogP contribution in [0.25, 0.3) is 0 Å². The van der Waals surface area contributed by atoms with E-state index in [0.29, 0.717) is 0 Å². The lowest BCUT2D eigenvalue weighted by atomic mass is 9.94. The Balaban J connectivity index is 2.26. The van der Waals surface area contributed by atoms with Crippen molar-refractivity contribution in [1.29, 1.82) is 0 Å². The summed E-state index contributed by atoms with van der Waals surface area (Å²) in [4.78, 5) is 0. The Hall–Kier alpha value is -1.64. The van der Waals surface area contributed by atoms with Crippen LogP contribution in [0.5, 0.6) is 0 Å². The fraction of sp³-hybridized carbons (Fsp3) is 0.250. The largest absolute Gasteiger partial charge is 0.271 e. The highest BCUT2D eigenvalue weighted by Gasteiger charge is 2.13. The maximum Gasteiger partial charge on any atom is 0.0503 e. The summed E-state index contributed by atoms with van der Waals surface area (Å²) in [6.07, 6.45) is 0.911. The van der Waals surface area contributed by atoms with Gasteiger partial charge in [-0.1, -0.05) is 48.5 Å². The van der Waals surface area contributed by atoms with Crippen molar-refractivity contribution < 1.29 is 0 Å². The van der Waals surface area contributed by atoms with E-state index < -0.39 is 0 Å². The quantitative estimate of drug-likeness (QED) is 0.636. The molecular formula is C16H20N2. The summed E-state index contributed by atoms with van der Waals surface area (Å²) >= 11 is 0. The molecule has 94 valence electrons. The van der Waals surface area contributed by atoms with Gasteiger partial charge in [0.05, 0.1) is 6.04 Å². The summed E-state index contributed by atoms with van der Waals surface area (Å²) in [5.41, 5.74) is 8.12. The molecule has 0 aromatic heterocycles. The number of hydrogen-bond acceptors (Lipinski definition) is 2. The number of hydrazine groups is 1. The third-order valence-corrected chi connectivity index (χ3v) is 3.45. The number of nitrogens with two attached hydrogens (primary N) is 1. The molecule has 0 amide bonds. The fourth-order valence-corrected chi connectivity index (χ4v) is 2.30. The molecule has 0 aliphatic carbocycles. The van der Waals surface area contributed by atoms with Crippen molar-refractivity contribution in [3.8, 4) is 0 Å². The van der Waals surface area contributed by atoms with E-state index >= 15 is 0 Å².